The number of hydrogen-bond acceptors (Lipinski definition) is 2. The highest BCUT2D eigenvalue weighted by Gasteiger charge is 2.19. The van der Waals surface area contributed by atoms with E-state index in [0.29, 0.717) is 5.92 Å². The van der Waals surface area contributed by atoms with Crippen molar-refractivity contribution >= 4 is 21.8 Å². The molecule has 0 aliphatic carbocycles. The van der Waals surface area contributed by atoms with E-state index in [1.807, 2.05) is 23.8 Å². The minimum atomic E-state index is 0.0375. The van der Waals surface area contributed by atoms with Crippen LogP contribution in [0.15, 0.2) is 16.7 Å². The fourth-order valence-electron chi connectivity index (χ4n) is 2.76. The summed E-state index contributed by atoms with van der Waals surface area (Å²) < 4.78 is 2.93. The van der Waals surface area contributed by atoms with Gasteiger partial charge in [-0.05, 0) is 67.3 Å². The molecule has 1 N–H and O–H groups in total. The van der Waals surface area contributed by atoms with Gasteiger partial charge in [-0.1, -0.05) is 6.92 Å². The fourth-order valence-corrected chi connectivity index (χ4v) is 3.23. The maximum absolute atomic E-state index is 12.2. The molecule has 1 aromatic rings. The highest BCUT2D eigenvalue weighted by Crippen LogP contribution is 2.17. The first-order chi connectivity index (χ1) is 9.63. The molecule has 2 rings (SSSR count). The zero-order chi connectivity index (χ0) is 14.5. The van der Waals surface area contributed by atoms with Gasteiger partial charge in [0.25, 0.3) is 5.91 Å². The minimum absolute atomic E-state index is 0.0375. The van der Waals surface area contributed by atoms with Gasteiger partial charge in [0.1, 0.15) is 5.69 Å². The Kier molecular flexibility index (Phi) is 5.66. The molecule has 0 aromatic carbocycles. The van der Waals surface area contributed by atoms with Gasteiger partial charge in [-0.3, -0.25) is 4.79 Å². The Labute approximate surface area is 129 Å². The second kappa shape index (κ2) is 7.27. The first kappa shape index (κ1) is 15.6. The van der Waals surface area contributed by atoms with Gasteiger partial charge in [0, 0.05) is 23.8 Å². The average Bonchev–Trinajstić information content (AvgIpc) is 2.86. The molecule has 1 saturated heterocycles. The third-order valence-electron chi connectivity index (χ3n) is 4.14. The van der Waals surface area contributed by atoms with Crippen molar-refractivity contribution in [1.82, 2.24) is 14.8 Å². The van der Waals surface area contributed by atoms with Crippen LogP contribution in [0.1, 0.15) is 37.2 Å². The van der Waals surface area contributed by atoms with Crippen LogP contribution in [0, 0.1) is 5.92 Å². The summed E-state index contributed by atoms with van der Waals surface area (Å²) in [6.45, 7) is 9.31. The van der Waals surface area contributed by atoms with E-state index in [4.69, 9.17) is 0 Å². The molecule has 0 atom stereocenters. The Balaban J connectivity index is 1.83. The number of piperidine rings is 1. The smallest absolute Gasteiger partial charge is 0.267 e. The molecule has 0 radical (unpaired) electrons. The normalized spacial score (nSPS) is 17.4. The predicted molar refractivity (Wildman–Crippen MR) is 85.0 cm³/mol. The summed E-state index contributed by atoms with van der Waals surface area (Å²) in [5.74, 6) is 0.658. The van der Waals surface area contributed by atoms with Crippen LogP contribution in [-0.2, 0) is 6.54 Å². The highest BCUT2D eigenvalue weighted by atomic mass is 79.9. The van der Waals surface area contributed by atoms with Crippen LogP contribution in [0.4, 0.5) is 0 Å². The number of halogens is 1. The Morgan fingerprint density at radius 3 is 2.65 bits per heavy atom. The van der Waals surface area contributed by atoms with Crippen LogP contribution in [-0.4, -0.2) is 41.6 Å². The molecular weight excluding hydrogens is 318 g/mol. The van der Waals surface area contributed by atoms with Crippen molar-refractivity contribution < 1.29 is 4.79 Å². The quantitative estimate of drug-likeness (QED) is 0.893. The molecule has 1 aliphatic heterocycles. The molecule has 0 spiro atoms. The molecule has 0 saturated carbocycles. The minimum Gasteiger partial charge on any atom is -0.350 e. The summed E-state index contributed by atoms with van der Waals surface area (Å²) in [6.07, 6.45) is 4.33. The molecule has 0 unspecified atom stereocenters. The number of aromatic nitrogens is 1. The Morgan fingerprint density at radius 1 is 1.35 bits per heavy atom. The van der Waals surface area contributed by atoms with Crippen molar-refractivity contribution in [2.24, 2.45) is 5.92 Å². The van der Waals surface area contributed by atoms with E-state index < -0.39 is 0 Å². The Bertz CT molecular complexity index is 450. The van der Waals surface area contributed by atoms with E-state index in [2.05, 4.69) is 33.1 Å². The van der Waals surface area contributed by atoms with Gasteiger partial charge in [-0.15, -0.1) is 0 Å². The summed E-state index contributed by atoms with van der Waals surface area (Å²) in [5.41, 5.74) is 0.741. The number of rotatable bonds is 5. The van der Waals surface area contributed by atoms with Gasteiger partial charge in [0.15, 0.2) is 0 Å². The number of nitrogens with zero attached hydrogens (tertiary/aromatic N) is 2. The number of hydrogen-bond donors (Lipinski definition) is 1. The predicted octanol–water partition coefficient (Wildman–Crippen LogP) is 2.73. The van der Waals surface area contributed by atoms with Crippen molar-refractivity contribution in [2.45, 2.75) is 33.2 Å². The first-order valence-corrected chi connectivity index (χ1v) is 8.29. The van der Waals surface area contributed by atoms with Crippen molar-refractivity contribution in [3.8, 4) is 0 Å². The van der Waals surface area contributed by atoms with Crippen molar-refractivity contribution in [2.75, 3.05) is 26.2 Å². The molecule has 4 nitrogen and oxygen atoms in total. The molecule has 1 amide bonds. The fraction of sp³-hybridized carbons (Fsp3) is 0.667. The molecule has 0 bridgehead atoms. The van der Waals surface area contributed by atoms with E-state index in [1.165, 1.54) is 12.8 Å². The van der Waals surface area contributed by atoms with Crippen molar-refractivity contribution in [3.63, 3.8) is 0 Å². The molecular formula is C15H24BrN3O. The largest absolute Gasteiger partial charge is 0.350 e. The third kappa shape index (κ3) is 3.85. The standard InChI is InChI=1S/C15H24BrN3O/c1-3-18-7-5-12(6-8-18)10-17-15(20)14-9-13(16)11-19(14)4-2/h9,11-12H,3-8,10H2,1-2H3,(H,17,20). The maximum Gasteiger partial charge on any atom is 0.267 e. The molecule has 20 heavy (non-hydrogen) atoms. The van der Waals surface area contributed by atoms with E-state index in [0.717, 1.165) is 42.9 Å². The maximum atomic E-state index is 12.2. The van der Waals surface area contributed by atoms with Crippen molar-refractivity contribution in [3.05, 3.63) is 22.4 Å². The summed E-state index contributed by atoms with van der Waals surface area (Å²) in [5, 5.41) is 3.09. The summed E-state index contributed by atoms with van der Waals surface area (Å²) in [6, 6.07) is 1.89. The number of nitrogens with one attached hydrogen (secondary N) is 1. The lowest BCUT2D eigenvalue weighted by molar-refractivity contribution is 0.0927. The lowest BCUT2D eigenvalue weighted by Crippen LogP contribution is -2.38. The molecule has 1 aliphatic rings. The lowest BCUT2D eigenvalue weighted by atomic mass is 9.97. The average molecular weight is 342 g/mol. The van der Waals surface area contributed by atoms with Gasteiger partial charge >= 0.3 is 0 Å². The van der Waals surface area contributed by atoms with Gasteiger partial charge in [-0.25, -0.2) is 0 Å². The number of amides is 1. The number of carbonyl (C=O) groups excluding carboxylic acids is 1. The monoisotopic (exact) mass is 341 g/mol. The zero-order valence-corrected chi connectivity index (χ0v) is 13.9. The van der Waals surface area contributed by atoms with Gasteiger partial charge in [0.2, 0.25) is 0 Å². The summed E-state index contributed by atoms with van der Waals surface area (Å²) in [4.78, 5) is 14.7. The van der Waals surface area contributed by atoms with Gasteiger partial charge < -0.3 is 14.8 Å². The molecule has 5 heteroatoms. The van der Waals surface area contributed by atoms with Crippen LogP contribution in [0.25, 0.3) is 0 Å². The zero-order valence-electron chi connectivity index (χ0n) is 12.4. The van der Waals surface area contributed by atoms with Crippen molar-refractivity contribution in [1.29, 1.82) is 0 Å². The molecule has 2 heterocycles. The van der Waals surface area contributed by atoms with E-state index >= 15 is 0 Å². The summed E-state index contributed by atoms with van der Waals surface area (Å²) in [7, 11) is 0. The summed E-state index contributed by atoms with van der Waals surface area (Å²) >= 11 is 3.43. The number of carbonyl (C=O) groups is 1. The highest BCUT2D eigenvalue weighted by molar-refractivity contribution is 9.10. The molecule has 1 aromatic heterocycles. The first-order valence-electron chi connectivity index (χ1n) is 7.50. The van der Waals surface area contributed by atoms with Crippen LogP contribution in [0.2, 0.25) is 0 Å². The SMILES string of the molecule is CCN1CCC(CNC(=O)c2cc(Br)cn2CC)CC1. The van der Waals surface area contributed by atoms with Gasteiger partial charge in [-0.2, -0.15) is 0 Å². The van der Waals surface area contributed by atoms with E-state index in [-0.39, 0.29) is 5.91 Å². The second-order valence-corrected chi connectivity index (χ2v) is 6.33. The van der Waals surface area contributed by atoms with Crippen LogP contribution < -0.4 is 5.32 Å². The molecule has 112 valence electrons. The lowest BCUT2D eigenvalue weighted by Gasteiger charge is -2.31. The third-order valence-corrected chi connectivity index (χ3v) is 4.58. The van der Waals surface area contributed by atoms with E-state index in [1.54, 1.807) is 0 Å². The van der Waals surface area contributed by atoms with Crippen LogP contribution >= 0.6 is 15.9 Å². The van der Waals surface area contributed by atoms with Crippen LogP contribution in [0.3, 0.4) is 0 Å². The molecule has 1 fully saturated rings. The second-order valence-electron chi connectivity index (χ2n) is 5.42. The van der Waals surface area contributed by atoms with Gasteiger partial charge in [0.05, 0.1) is 0 Å². The van der Waals surface area contributed by atoms with Crippen LogP contribution in [0.5, 0.6) is 0 Å². The Morgan fingerprint density at radius 2 is 2.05 bits per heavy atom. The number of likely N-dealkylation sites (tertiary alicyclic amines) is 1. The topological polar surface area (TPSA) is 37.3 Å². The Hall–Kier alpha value is -0.810. The number of aryl methyl sites for hydroxylation is 1. The van der Waals surface area contributed by atoms with E-state index in [9.17, 15) is 4.79 Å².